The number of thiol groups is 1. The number of rotatable bonds is 2. The molecule has 3 heteroatoms. The molecule has 0 saturated heterocycles. The second-order valence-corrected chi connectivity index (χ2v) is 4.08. The molecule has 1 atom stereocenters. The maximum Gasteiger partial charge on any atom is 0.123 e. The van der Waals surface area contributed by atoms with E-state index in [1.54, 1.807) is 6.07 Å². The summed E-state index contributed by atoms with van der Waals surface area (Å²) in [5.41, 5.74) is 0.819. The molecule has 0 aromatic heterocycles. The monoisotopic (exact) mass is 204 g/mol. The lowest BCUT2D eigenvalue weighted by atomic mass is 10.1. The van der Waals surface area contributed by atoms with Crippen LogP contribution < -0.4 is 0 Å². The third-order valence-electron chi connectivity index (χ3n) is 1.52. The maximum atomic E-state index is 12.7. The average Bonchev–Trinajstić information content (AvgIpc) is 1.96. The Hall–Kier alpha value is -0.210. The highest BCUT2D eigenvalue weighted by Crippen LogP contribution is 2.19. The van der Waals surface area contributed by atoms with Crippen LogP contribution in [0.3, 0.4) is 0 Å². The van der Waals surface area contributed by atoms with Gasteiger partial charge in [0, 0.05) is 10.3 Å². The molecule has 1 unspecified atom stereocenters. The van der Waals surface area contributed by atoms with Gasteiger partial charge in [-0.1, -0.05) is 18.5 Å². The summed E-state index contributed by atoms with van der Waals surface area (Å²) in [6.07, 6.45) is 0.694. The van der Waals surface area contributed by atoms with Crippen LogP contribution in [0.5, 0.6) is 0 Å². The predicted molar refractivity (Wildman–Crippen MR) is 53.6 cm³/mol. The predicted octanol–water partition coefficient (Wildman–Crippen LogP) is 3.34. The van der Waals surface area contributed by atoms with Crippen LogP contribution in [-0.2, 0) is 6.42 Å². The number of benzene rings is 1. The molecule has 0 heterocycles. The van der Waals surface area contributed by atoms with Gasteiger partial charge in [0.15, 0.2) is 0 Å². The summed E-state index contributed by atoms with van der Waals surface area (Å²) >= 11 is 10.0. The molecule has 12 heavy (non-hydrogen) atoms. The first-order valence-electron chi connectivity index (χ1n) is 3.71. The zero-order valence-electron chi connectivity index (χ0n) is 6.72. The van der Waals surface area contributed by atoms with Crippen LogP contribution in [0.25, 0.3) is 0 Å². The van der Waals surface area contributed by atoms with Gasteiger partial charge in [-0.15, -0.1) is 0 Å². The molecule has 0 amide bonds. The summed E-state index contributed by atoms with van der Waals surface area (Å²) < 4.78 is 12.7. The fourth-order valence-corrected chi connectivity index (χ4v) is 1.41. The molecule has 1 aromatic carbocycles. The van der Waals surface area contributed by atoms with Gasteiger partial charge in [-0.2, -0.15) is 12.6 Å². The summed E-state index contributed by atoms with van der Waals surface area (Å²) in [5, 5.41) is 0.807. The molecule has 0 spiro atoms. The van der Waals surface area contributed by atoms with Gasteiger partial charge in [0.05, 0.1) is 0 Å². The average molecular weight is 205 g/mol. The van der Waals surface area contributed by atoms with Crippen molar-refractivity contribution in [2.45, 2.75) is 18.6 Å². The van der Waals surface area contributed by atoms with E-state index < -0.39 is 0 Å². The first-order chi connectivity index (χ1) is 5.59. The van der Waals surface area contributed by atoms with Crippen LogP contribution in [0, 0.1) is 5.82 Å². The van der Waals surface area contributed by atoms with E-state index in [0.717, 1.165) is 5.56 Å². The number of hydrogen-bond acceptors (Lipinski definition) is 1. The SMILES string of the molecule is CC(S)Cc1cc(F)ccc1Cl. The van der Waals surface area contributed by atoms with Gasteiger partial charge >= 0.3 is 0 Å². The molecular formula is C9H10ClFS. The van der Waals surface area contributed by atoms with Crippen molar-refractivity contribution in [2.24, 2.45) is 0 Å². The summed E-state index contributed by atoms with van der Waals surface area (Å²) in [4.78, 5) is 0. The van der Waals surface area contributed by atoms with Crippen molar-refractivity contribution >= 4 is 24.2 Å². The van der Waals surface area contributed by atoms with E-state index in [-0.39, 0.29) is 11.1 Å². The molecule has 0 aliphatic carbocycles. The fraction of sp³-hybridized carbons (Fsp3) is 0.333. The van der Waals surface area contributed by atoms with Gasteiger partial charge in [0.2, 0.25) is 0 Å². The van der Waals surface area contributed by atoms with Crippen molar-refractivity contribution in [3.05, 3.63) is 34.6 Å². The molecule has 1 rings (SSSR count). The Morgan fingerprint density at radius 3 is 2.83 bits per heavy atom. The van der Waals surface area contributed by atoms with Gasteiger partial charge in [0.25, 0.3) is 0 Å². The van der Waals surface area contributed by atoms with E-state index in [9.17, 15) is 4.39 Å². The molecule has 0 saturated carbocycles. The number of halogens is 2. The first kappa shape index (κ1) is 9.87. The van der Waals surface area contributed by atoms with Crippen molar-refractivity contribution in [2.75, 3.05) is 0 Å². The van der Waals surface area contributed by atoms with Gasteiger partial charge in [-0.05, 0) is 30.2 Å². The molecule has 0 N–H and O–H groups in total. The lowest BCUT2D eigenvalue weighted by Crippen LogP contribution is -1.98. The van der Waals surface area contributed by atoms with Crippen LogP contribution in [0.4, 0.5) is 4.39 Å². The Bertz CT molecular complexity index is 273. The summed E-state index contributed by atoms with van der Waals surface area (Å²) in [6.45, 7) is 1.95. The normalized spacial score (nSPS) is 13.0. The van der Waals surface area contributed by atoms with Gasteiger partial charge in [-0.3, -0.25) is 0 Å². The van der Waals surface area contributed by atoms with Crippen LogP contribution in [0.1, 0.15) is 12.5 Å². The highest BCUT2D eigenvalue weighted by atomic mass is 35.5. The zero-order valence-corrected chi connectivity index (χ0v) is 8.37. The summed E-state index contributed by atoms with van der Waals surface area (Å²) in [5.74, 6) is -0.247. The third-order valence-corrected chi connectivity index (χ3v) is 2.07. The second-order valence-electron chi connectivity index (χ2n) is 2.79. The van der Waals surface area contributed by atoms with Crippen molar-refractivity contribution in [3.8, 4) is 0 Å². The number of hydrogen-bond donors (Lipinski definition) is 1. The van der Waals surface area contributed by atoms with Crippen LogP contribution in [0.15, 0.2) is 18.2 Å². The summed E-state index contributed by atoms with van der Waals surface area (Å²) in [6, 6.07) is 4.38. The molecule has 0 aliphatic rings. The summed E-state index contributed by atoms with van der Waals surface area (Å²) in [7, 11) is 0. The second kappa shape index (κ2) is 4.15. The Balaban J connectivity index is 2.90. The lowest BCUT2D eigenvalue weighted by Gasteiger charge is -2.06. The van der Waals surface area contributed by atoms with E-state index >= 15 is 0 Å². The van der Waals surface area contributed by atoms with Crippen molar-refractivity contribution < 1.29 is 4.39 Å². The van der Waals surface area contributed by atoms with E-state index in [1.165, 1.54) is 12.1 Å². The van der Waals surface area contributed by atoms with Gasteiger partial charge < -0.3 is 0 Å². The minimum atomic E-state index is -0.247. The van der Waals surface area contributed by atoms with Crippen LogP contribution in [0.2, 0.25) is 5.02 Å². The maximum absolute atomic E-state index is 12.7. The van der Waals surface area contributed by atoms with Crippen molar-refractivity contribution in [1.29, 1.82) is 0 Å². The highest BCUT2D eigenvalue weighted by Gasteiger charge is 2.04. The molecule has 0 aliphatic heterocycles. The minimum Gasteiger partial charge on any atom is -0.207 e. The first-order valence-corrected chi connectivity index (χ1v) is 4.61. The Kier molecular flexibility index (Phi) is 3.41. The van der Waals surface area contributed by atoms with E-state index in [1.807, 2.05) is 6.92 Å². The van der Waals surface area contributed by atoms with Crippen molar-refractivity contribution in [1.82, 2.24) is 0 Å². The largest absolute Gasteiger partial charge is 0.207 e. The van der Waals surface area contributed by atoms with E-state index in [2.05, 4.69) is 12.6 Å². The minimum absolute atomic E-state index is 0.198. The van der Waals surface area contributed by atoms with E-state index in [4.69, 9.17) is 11.6 Å². The van der Waals surface area contributed by atoms with Crippen LogP contribution >= 0.6 is 24.2 Å². The highest BCUT2D eigenvalue weighted by molar-refractivity contribution is 7.80. The van der Waals surface area contributed by atoms with Gasteiger partial charge in [-0.25, -0.2) is 4.39 Å². The Labute approximate surface area is 82.2 Å². The smallest absolute Gasteiger partial charge is 0.123 e. The molecule has 0 bridgehead atoms. The topological polar surface area (TPSA) is 0 Å². The zero-order chi connectivity index (χ0) is 9.14. The molecule has 0 nitrogen and oxygen atoms in total. The Morgan fingerprint density at radius 1 is 1.58 bits per heavy atom. The quantitative estimate of drug-likeness (QED) is 0.702. The molecule has 0 radical (unpaired) electrons. The standard InChI is InChI=1S/C9H10ClFS/c1-6(12)4-7-5-8(11)2-3-9(7)10/h2-3,5-6,12H,4H2,1H3. The molecular weight excluding hydrogens is 195 g/mol. The van der Waals surface area contributed by atoms with E-state index in [0.29, 0.717) is 11.4 Å². The fourth-order valence-electron chi connectivity index (χ4n) is 1.02. The van der Waals surface area contributed by atoms with Gasteiger partial charge in [0.1, 0.15) is 5.82 Å². The van der Waals surface area contributed by atoms with Crippen molar-refractivity contribution in [3.63, 3.8) is 0 Å². The Morgan fingerprint density at radius 2 is 2.25 bits per heavy atom. The molecule has 1 aromatic rings. The van der Waals surface area contributed by atoms with Crippen LogP contribution in [-0.4, -0.2) is 5.25 Å². The molecule has 0 fully saturated rings. The third kappa shape index (κ3) is 2.68. The lowest BCUT2D eigenvalue weighted by molar-refractivity contribution is 0.625. The molecule has 66 valence electrons.